The monoisotopic (exact) mass is 465 g/mol. The van der Waals surface area contributed by atoms with Crippen molar-refractivity contribution in [2.75, 3.05) is 12.3 Å². The van der Waals surface area contributed by atoms with Gasteiger partial charge in [0.05, 0.1) is 10.6 Å². The van der Waals surface area contributed by atoms with Crippen molar-refractivity contribution in [2.24, 2.45) is 14.1 Å². The van der Waals surface area contributed by atoms with Crippen LogP contribution >= 0.6 is 11.3 Å². The van der Waals surface area contributed by atoms with Crippen LogP contribution in [0, 0.1) is 0 Å². The number of carbonyl (C=O) groups excluding carboxylic acids is 2. The van der Waals surface area contributed by atoms with Gasteiger partial charge >= 0.3 is 11.7 Å². The highest BCUT2D eigenvalue weighted by Gasteiger charge is 2.24. The molecule has 0 saturated heterocycles. The molecule has 0 unspecified atom stereocenters. The molecule has 0 atom stereocenters. The van der Waals surface area contributed by atoms with E-state index in [9.17, 15) is 19.2 Å². The first kappa shape index (κ1) is 22.0. The number of nitrogen functional groups attached to an aromatic ring is 1. The van der Waals surface area contributed by atoms with Crippen LogP contribution in [0.5, 0.6) is 0 Å². The highest BCUT2D eigenvalue weighted by Crippen LogP contribution is 2.28. The molecule has 10 nitrogen and oxygen atoms in total. The smallest absolute Gasteiger partial charge is 0.342 e. The highest BCUT2D eigenvalue weighted by atomic mass is 32.1. The van der Waals surface area contributed by atoms with Crippen LogP contribution in [-0.4, -0.2) is 37.3 Å². The fourth-order valence-electron chi connectivity index (χ4n) is 3.23. The van der Waals surface area contributed by atoms with Crippen LogP contribution in [0.3, 0.4) is 0 Å². The van der Waals surface area contributed by atoms with E-state index in [1.54, 1.807) is 4.68 Å². The van der Waals surface area contributed by atoms with Crippen molar-refractivity contribution in [2.45, 2.75) is 0 Å². The Morgan fingerprint density at radius 2 is 1.79 bits per heavy atom. The van der Waals surface area contributed by atoms with Gasteiger partial charge in [0.25, 0.3) is 5.56 Å². The number of Topliss-reactive ketones (excluding diaryl/α,β-unsaturated/α-hetero) is 1. The van der Waals surface area contributed by atoms with Crippen molar-refractivity contribution >= 4 is 28.9 Å². The average Bonchev–Trinajstić information content (AvgIpc) is 3.51. The number of anilines is 1. The number of benzene rings is 1. The second-order valence-electron chi connectivity index (χ2n) is 7.11. The van der Waals surface area contributed by atoms with Gasteiger partial charge in [-0.15, -0.1) is 11.3 Å². The Morgan fingerprint density at radius 3 is 2.45 bits per heavy atom. The van der Waals surface area contributed by atoms with E-state index in [1.807, 2.05) is 47.8 Å². The van der Waals surface area contributed by atoms with Crippen molar-refractivity contribution in [3.63, 3.8) is 0 Å². The van der Waals surface area contributed by atoms with E-state index in [-0.39, 0.29) is 11.4 Å². The topological polar surface area (TPSA) is 131 Å². The second kappa shape index (κ2) is 8.71. The largest absolute Gasteiger partial charge is 0.454 e. The molecule has 1 aromatic carbocycles. The molecule has 2 N–H and O–H groups in total. The SMILES string of the molecule is Cn1c(N)c(C(=O)COC(=O)c2cn(-c3ccccc3)nc2-c2cccs2)c(=O)n(C)c1=O. The lowest BCUT2D eigenvalue weighted by atomic mass is 10.2. The van der Waals surface area contributed by atoms with Gasteiger partial charge in [-0.05, 0) is 23.6 Å². The van der Waals surface area contributed by atoms with Gasteiger partial charge in [-0.3, -0.25) is 18.7 Å². The minimum absolute atomic E-state index is 0.162. The standard InChI is InChI=1S/C22H19N5O5S/c1-25-19(23)17(20(29)26(2)22(25)31)15(28)12-32-21(30)14-11-27(13-7-4-3-5-8-13)24-18(14)16-9-6-10-33-16/h3-11H,12,23H2,1-2H3. The summed E-state index contributed by atoms with van der Waals surface area (Å²) < 4.78 is 8.52. The van der Waals surface area contributed by atoms with Gasteiger partial charge in [-0.25, -0.2) is 14.3 Å². The van der Waals surface area contributed by atoms with Crippen LogP contribution in [0.2, 0.25) is 0 Å². The summed E-state index contributed by atoms with van der Waals surface area (Å²) >= 11 is 1.40. The molecule has 168 valence electrons. The molecule has 0 aliphatic rings. The third-order valence-corrected chi connectivity index (χ3v) is 5.91. The van der Waals surface area contributed by atoms with E-state index >= 15 is 0 Å². The van der Waals surface area contributed by atoms with Crippen LogP contribution in [-0.2, 0) is 18.8 Å². The van der Waals surface area contributed by atoms with Gasteiger partial charge in [0.2, 0.25) is 5.78 Å². The van der Waals surface area contributed by atoms with Gasteiger partial charge in [0.1, 0.15) is 22.6 Å². The minimum atomic E-state index is -0.854. The lowest BCUT2D eigenvalue weighted by Crippen LogP contribution is -2.42. The molecular formula is C22H19N5O5S. The molecule has 0 saturated carbocycles. The van der Waals surface area contributed by atoms with Crippen molar-refractivity contribution < 1.29 is 14.3 Å². The molecule has 4 rings (SSSR count). The molecule has 0 radical (unpaired) electrons. The Hall–Kier alpha value is -4.25. The van der Waals surface area contributed by atoms with Gasteiger partial charge in [-0.2, -0.15) is 5.10 Å². The summed E-state index contributed by atoms with van der Waals surface area (Å²) in [6.45, 7) is -0.725. The van der Waals surface area contributed by atoms with E-state index < -0.39 is 35.2 Å². The van der Waals surface area contributed by atoms with Crippen molar-refractivity contribution in [1.82, 2.24) is 18.9 Å². The molecule has 0 amide bonds. The minimum Gasteiger partial charge on any atom is -0.454 e. The lowest BCUT2D eigenvalue weighted by Gasteiger charge is -2.11. The van der Waals surface area contributed by atoms with E-state index in [2.05, 4.69) is 5.10 Å². The maximum atomic E-state index is 12.9. The fraction of sp³-hybridized carbons (Fsp3) is 0.136. The quantitative estimate of drug-likeness (QED) is 0.338. The molecule has 0 aliphatic heterocycles. The Bertz CT molecular complexity index is 1470. The molecule has 33 heavy (non-hydrogen) atoms. The molecule has 0 fully saturated rings. The first-order valence-corrected chi connectivity index (χ1v) is 10.6. The Labute approximate surface area is 191 Å². The van der Waals surface area contributed by atoms with Gasteiger partial charge in [-0.1, -0.05) is 24.3 Å². The number of nitrogens with two attached hydrogens (primary N) is 1. The number of nitrogens with zero attached hydrogens (tertiary/aromatic N) is 4. The van der Waals surface area contributed by atoms with Crippen molar-refractivity contribution in [3.8, 4) is 16.3 Å². The van der Waals surface area contributed by atoms with Crippen LogP contribution in [0.1, 0.15) is 20.7 Å². The Kier molecular flexibility index (Phi) is 5.80. The maximum absolute atomic E-state index is 12.9. The third kappa shape index (κ3) is 4.01. The number of ketones is 1. The van der Waals surface area contributed by atoms with Gasteiger partial charge < -0.3 is 10.5 Å². The molecule has 0 spiro atoms. The molecule has 0 bridgehead atoms. The molecular weight excluding hydrogens is 446 g/mol. The van der Waals surface area contributed by atoms with E-state index in [1.165, 1.54) is 31.6 Å². The number of hydrogen-bond acceptors (Lipinski definition) is 8. The Balaban J connectivity index is 1.63. The van der Waals surface area contributed by atoms with Crippen molar-refractivity contribution in [1.29, 1.82) is 0 Å². The zero-order chi connectivity index (χ0) is 23.7. The van der Waals surface area contributed by atoms with Crippen molar-refractivity contribution in [3.05, 3.63) is 86.0 Å². The number of thiophene rings is 1. The summed E-state index contributed by atoms with van der Waals surface area (Å²) in [5, 5.41) is 6.38. The number of para-hydroxylation sites is 1. The summed E-state index contributed by atoms with van der Waals surface area (Å²) in [4.78, 5) is 50.7. The normalized spacial score (nSPS) is 10.8. The van der Waals surface area contributed by atoms with Gasteiger partial charge in [0, 0.05) is 20.3 Å². The van der Waals surface area contributed by atoms with Crippen LogP contribution in [0.15, 0.2) is 63.6 Å². The average molecular weight is 465 g/mol. The first-order chi connectivity index (χ1) is 15.8. The third-order valence-electron chi connectivity index (χ3n) is 5.03. The lowest BCUT2D eigenvalue weighted by molar-refractivity contribution is 0.0475. The Morgan fingerprint density at radius 1 is 1.06 bits per heavy atom. The van der Waals surface area contributed by atoms with Crippen LogP contribution in [0.25, 0.3) is 16.3 Å². The molecule has 3 aromatic heterocycles. The van der Waals surface area contributed by atoms with Crippen LogP contribution in [0.4, 0.5) is 5.82 Å². The number of aromatic nitrogens is 4. The second-order valence-corrected chi connectivity index (χ2v) is 8.06. The predicted molar refractivity (Wildman–Crippen MR) is 123 cm³/mol. The number of carbonyl (C=O) groups is 2. The maximum Gasteiger partial charge on any atom is 0.342 e. The summed E-state index contributed by atoms with van der Waals surface area (Å²) in [5.41, 5.74) is 5.18. The highest BCUT2D eigenvalue weighted by molar-refractivity contribution is 7.13. The molecule has 4 aromatic rings. The molecule has 3 heterocycles. The number of ether oxygens (including phenoxy) is 1. The van der Waals surface area contributed by atoms with Gasteiger partial charge in [0.15, 0.2) is 6.61 Å². The first-order valence-electron chi connectivity index (χ1n) is 9.74. The van der Waals surface area contributed by atoms with Crippen LogP contribution < -0.4 is 17.0 Å². The fourth-order valence-corrected chi connectivity index (χ4v) is 3.96. The molecule has 0 aliphatic carbocycles. The van der Waals surface area contributed by atoms with E-state index in [0.717, 1.165) is 19.7 Å². The number of esters is 1. The summed E-state index contributed by atoms with van der Waals surface area (Å²) in [7, 11) is 2.57. The predicted octanol–water partition coefficient (Wildman–Crippen LogP) is 1.62. The zero-order valence-corrected chi connectivity index (χ0v) is 18.5. The van der Waals surface area contributed by atoms with E-state index in [4.69, 9.17) is 10.5 Å². The summed E-state index contributed by atoms with van der Waals surface area (Å²) in [5.74, 6) is -1.89. The zero-order valence-electron chi connectivity index (χ0n) is 17.7. The summed E-state index contributed by atoms with van der Waals surface area (Å²) in [6.07, 6.45) is 1.52. The van der Waals surface area contributed by atoms with E-state index in [0.29, 0.717) is 5.69 Å². The summed E-state index contributed by atoms with van der Waals surface area (Å²) in [6, 6.07) is 12.9. The molecule has 11 heteroatoms. The number of rotatable bonds is 6. The number of hydrogen-bond donors (Lipinski definition) is 1.